The predicted octanol–water partition coefficient (Wildman–Crippen LogP) is 2.58. The van der Waals surface area contributed by atoms with Gasteiger partial charge in [-0.1, -0.05) is 35.9 Å². The molecule has 1 aliphatic rings. The van der Waals surface area contributed by atoms with E-state index in [-0.39, 0.29) is 9.79 Å². The molecule has 0 saturated carbocycles. The van der Waals surface area contributed by atoms with Gasteiger partial charge in [0.2, 0.25) is 9.84 Å². The molecule has 0 amide bonds. The van der Waals surface area contributed by atoms with Crippen LogP contribution in [0.3, 0.4) is 0 Å². The number of nitrogens with one attached hydrogen (secondary N) is 1. The Morgan fingerprint density at radius 2 is 1.64 bits per heavy atom. The van der Waals surface area contributed by atoms with Crippen LogP contribution in [0.25, 0.3) is 0 Å². The molecule has 0 radical (unpaired) electrons. The second-order valence-corrected chi connectivity index (χ2v) is 7.44. The molecular weight excluding hydrogens is 320 g/mol. The van der Waals surface area contributed by atoms with Crippen LogP contribution in [0.15, 0.2) is 58.3 Å². The van der Waals surface area contributed by atoms with Gasteiger partial charge in [-0.05, 0) is 24.3 Å². The lowest BCUT2D eigenvalue weighted by Crippen LogP contribution is -2.43. The lowest BCUT2D eigenvalue weighted by atomic mass is 10.2. The van der Waals surface area contributed by atoms with E-state index in [0.29, 0.717) is 5.02 Å². The van der Waals surface area contributed by atoms with E-state index in [0.717, 1.165) is 31.9 Å². The number of sulfone groups is 1. The van der Waals surface area contributed by atoms with E-state index in [9.17, 15) is 8.42 Å². The van der Waals surface area contributed by atoms with Crippen molar-refractivity contribution in [2.45, 2.75) is 9.79 Å². The second-order valence-electron chi connectivity index (χ2n) is 5.14. The van der Waals surface area contributed by atoms with Gasteiger partial charge in [-0.2, -0.15) is 0 Å². The van der Waals surface area contributed by atoms with Gasteiger partial charge in [-0.25, -0.2) is 8.42 Å². The first-order valence-electron chi connectivity index (χ1n) is 7.15. The van der Waals surface area contributed by atoms with Crippen molar-refractivity contribution < 1.29 is 8.42 Å². The normalized spacial score (nSPS) is 15.8. The SMILES string of the molecule is O=S(=O)(c1ccccc1)c1cccc(N2CCNCC2)c1Cl. The quantitative estimate of drug-likeness (QED) is 0.936. The van der Waals surface area contributed by atoms with Crippen molar-refractivity contribution in [2.75, 3.05) is 31.1 Å². The van der Waals surface area contributed by atoms with Crippen molar-refractivity contribution in [3.05, 3.63) is 53.6 Å². The predicted molar refractivity (Wildman–Crippen MR) is 88.4 cm³/mol. The minimum Gasteiger partial charge on any atom is -0.368 e. The first-order valence-corrected chi connectivity index (χ1v) is 9.01. The van der Waals surface area contributed by atoms with Crippen LogP contribution in [-0.2, 0) is 9.84 Å². The average Bonchev–Trinajstić information content (AvgIpc) is 2.56. The largest absolute Gasteiger partial charge is 0.368 e. The molecule has 22 heavy (non-hydrogen) atoms. The molecule has 2 aromatic carbocycles. The summed E-state index contributed by atoms with van der Waals surface area (Å²) >= 11 is 6.44. The molecule has 0 bridgehead atoms. The van der Waals surface area contributed by atoms with E-state index in [1.54, 1.807) is 42.5 Å². The van der Waals surface area contributed by atoms with Gasteiger partial charge in [-0.15, -0.1) is 0 Å². The zero-order valence-corrected chi connectivity index (χ0v) is 13.6. The second kappa shape index (κ2) is 6.28. The lowest BCUT2D eigenvalue weighted by molar-refractivity contribution is 0.587. The highest BCUT2D eigenvalue weighted by Gasteiger charge is 2.24. The molecule has 4 nitrogen and oxygen atoms in total. The third kappa shape index (κ3) is 2.84. The van der Waals surface area contributed by atoms with Gasteiger partial charge in [0.15, 0.2) is 0 Å². The van der Waals surface area contributed by atoms with Crippen LogP contribution >= 0.6 is 11.6 Å². The minimum atomic E-state index is -3.61. The van der Waals surface area contributed by atoms with Crippen LogP contribution in [0, 0.1) is 0 Å². The monoisotopic (exact) mass is 336 g/mol. The number of hydrogen-bond acceptors (Lipinski definition) is 4. The molecule has 0 aliphatic carbocycles. The zero-order chi connectivity index (χ0) is 15.6. The van der Waals surface area contributed by atoms with Crippen LogP contribution in [-0.4, -0.2) is 34.6 Å². The Morgan fingerprint density at radius 3 is 2.32 bits per heavy atom. The van der Waals surface area contributed by atoms with Gasteiger partial charge >= 0.3 is 0 Å². The lowest BCUT2D eigenvalue weighted by Gasteiger charge is -2.30. The molecule has 1 aliphatic heterocycles. The molecule has 116 valence electrons. The fraction of sp³-hybridized carbons (Fsp3) is 0.250. The van der Waals surface area contributed by atoms with Gasteiger partial charge in [0.05, 0.1) is 20.5 Å². The Bertz CT molecular complexity index is 757. The van der Waals surface area contributed by atoms with Crippen LogP contribution < -0.4 is 10.2 Å². The molecule has 0 spiro atoms. The third-order valence-corrected chi connectivity index (χ3v) is 6.06. The molecule has 1 N–H and O–H groups in total. The molecule has 0 atom stereocenters. The molecule has 1 heterocycles. The number of anilines is 1. The Kier molecular flexibility index (Phi) is 4.38. The number of piperazine rings is 1. The summed E-state index contributed by atoms with van der Waals surface area (Å²) in [6, 6.07) is 13.6. The fourth-order valence-electron chi connectivity index (χ4n) is 2.58. The van der Waals surface area contributed by atoms with E-state index in [4.69, 9.17) is 11.6 Å². The first kappa shape index (κ1) is 15.3. The van der Waals surface area contributed by atoms with Gasteiger partial charge in [0.25, 0.3) is 0 Å². The summed E-state index contributed by atoms with van der Waals surface area (Å²) in [5, 5.41) is 3.57. The number of hydrogen-bond donors (Lipinski definition) is 1. The number of nitrogens with zero attached hydrogens (tertiary/aromatic N) is 1. The van der Waals surface area contributed by atoms with E-state index in [1.807, 2.05) is 6.07 Å². The van der Waals surface area contributed by atoms with Gasteiger partial charge in [-0.3, -0.25) is 0 Å². The first-order chi connectivity index (χ1) is 10.6. The van der Waals surface area contributed by atoms with E-state index >= 15 is 0 Å². The summed E-state index contributed by atoms with van der Waals surface area (Å²) in [5.74, 6) is 0. The summed E-state index contributed by atoms with van der Waals surface area (Å²) in [5.41, 5.74) is 0.778. The Hall–Kier alpha value is -1.56. The van der Waals surface area contributed by atoms with Crippen LogP contribution in [0.5, 0.6) is 0 Å². The Labute approximate surface area is 135 Å². The Balaban J connectivity index is 2.05. The van der Waals surface area contributed by atoms with Gasteiger partial charge in [0, 0.05) is 26.2 Å². The van der Waals surface area contributed by atoms with Crippen molar-refractivity contribution in [1.82, 2.24) is 5.32 Å². The van der Waals surface area contributed by atoms with Crippen molar-refractivity contribution in [2.24, 2.45) is 0 Å². The fourth-order valence-corrected chi connectivity index (χ4v) is 4.50. The number of rotatable bonds is 3. The highest BCUT2D eigenvalue weighted by molar-refractivity contribution is 7.91. The topological polar surface area (TPSA) is 49.4 Å². The summed E-state index contributed by atoms with van der Waals surface area (Å²) in [6.07, 6.45) is 0. The molecule has 1 fully saturated rings. The molecule has 6 heteroatoms. The van der Waals surface area contributed by atoms with Crippen molar-refractivity contribution in [3.63, 3.8) is 0 Å². The van der Waals surface area contributed by atoms with E-state index in [2.05, 4.69) is 10.2 Å². The van der Waals surface area contributed by atoms with Crippen LogP contribution in [0.4, 0.5) is 5.69 Å². The summed E-state index contributed by atoms with van der Waals surface area (Å²) in [6.45, 7) is 3.36. The van der Waals surface area contributed by atoms with Crippen LogP contribution in [0.1, 0.15) is 0 Å². The minimum absolute atomic E-state index is 0.163. The molecule has 1 saturated heterocycles. The van der Waals surface area contributed by atoms with Crippen molar-refractivity contribution in [3.8, 4) is 0 Å². The standard InChI is InChI=1S/C16H17ClN2O2S/c17-16-14(19-11-9-18-10-12-19)7-4-8-15(16)22(20,21)13-5-2-1-3-6-13/h1-8,18H,9-12H2. The maximum Gasteiger partial charge on any atom is 0.208 e. The molecule has 0 aromatic heterocycles. The Morgan fingerprint density at radius 1 is 0.955 bits per heavy atom. The van der Waals surface area contributed by atoms with Gasteiger partial charge in [0.1, 0.15) is 0 Å². The molecule has 0 unspecified atom stereocenters. The number of halogens is 1. The number of benzene rings is 2. The van der Waals surface area contributed by atoms with E-state index in [1.165, 1.54) is 0 Å². The molecular formula is C16H17ClN2O2S. The summed E-state index contributed by atoms with van der Waals surface area (Å²) in [7, 11) is -3.61. The zero-order valence-electron chi connectivity index (χ0n) is 12.0. The highest BCUT2D eigenvalue weighted by Crippen LogP contribution is 2.35. The third-order valence-electron chi connectivity index (χ3n) is 3.74. The maximum absolute atomic E-state index is 12.8. The van der Waals surface area contributed by atoms with Crippen LogP contribution in [0.2, 0.25) is 5.02 Å². The summed E-state index contributed by atoms with van der Waals surface area (Å²) in [4.78, 5) is 2.54. The maximum atomic E-state index is 12.8. The van der Waals surface area contributed by atoms with Gasteiger partial charge < -0.3 is 10.2 Å². The molecule has 2 aromatic rings. The van der Waals surface area contributed by atoms with Crippen molar-refractivity contribution in [1.29, 1.82) is 0 Å². The van der Waals surface area contributed by atoms with Crippen molar-refractivity contribution >= 4 is 27.1 Å². The average molecular weight is 337 g/mol. The smallest absolute Gasteiger partial charge is 0.208 e. The van der Waals surface area contributed by atoms with E-state index < -0.39 is 9.84 Å². The molecule has 3 rings (SSSR count). The summed E-state index contributed by atoms with van der Waals surface area (Å²) < 4.78 is 25.5. The highest BCUT2D eigenvalue weighted by atomic mass is 35.5.